The van der Waals surface area contributed by atoms with Crippen molar-refractivity contribution in [3.63, 3.8) is 0 Å². The third kappa shape index (κ3) is 17.9. The van der Waals surface area contributed by atoms with Crippen molar-refractivity contribution in [2.45, 2.75) is 67.4 Å². The summed E-state index contributed by atoms with van der Waals surface area (Å²) in [5.41, 5.74) is 5.07. The van der Waals surface area contributed by atoms with Gasteiger partial charge in [0, 0.05) is 24.8 Å². The van der Waals surface area contributed by atoms with E-state index in [0.717, 1.165) is 20.1 Å². The van der Waals surface area contributed by atoms with Crippen LogP contribution in [-0.4, -0.2) is 42.2 Å². The molecule has 8 nitrogen and oxygen atoms in total. The molecule has 4 N–H and O–H groups in total. The summed E-state index contributed by atoms with van der Waals surface area (Å²) in [4.78, 5) is 28.1. The van der Waals surface area contributed by atoms with E-state index in [2.05, 4.69) is 45.2 Å². The van der Waals surface area contributed by atoms with Crippen molar-refractivity contribution in [1.29, 1.82) is 0 Å². The smallest absolute Gasteiger partial charge is 0.434 e. The highest BCUT2D eigenvalue weighted by atomic mass is 79.9. The van der Waals surface area contributed by atoms with Gasteiger partial charge in [0.15, 0.2) is 0 Å². The van der Waals surface area contributed by atoms with Crippen LogP contribution in [0.25, 0.3) is 0 Å². The van der Waals surface area contributed by atoms with Gasteiger partial charge in [0.2, 0.25) is 0 Å². The summed E-state index contributed by atoms with van der Waals surface area (Å²) < 4.78 is 11.7. The van der Waals surface area contributed by atoms with Crippen LogP contribution in [0, 0.1) is 0 Å². The molecule has 3 aromatic rings. The molecule has 2 amide bonds. The molecule has 0 heterocycles. The summed E-state index contributed by atoms with van der Waals surface area (Å²) in [6.07, 6.45) is 4.65. The van der Waals surface area contributed by atoms with E-state index < -0.39 is 23.4 Å². The van der Waals surface area contributed by atoms with Crippen molar-refractivity contribution in [1.82, 2.24) is 5.43 Å². The molecular formula is C31H44BrClN4O4S3. The molecule has 0 unspecified atom stereocenters. The molecule has 13 heteroatoms. The Hall–Kier alpha value is -2.22. The highest BCUT2D eigenvalue weighted by Crippen LogP contribution is 2.22. The Kier molecular flexibility index (Phi) is 19.7. The normalized spacial score (nSPS) is 10.4. The zero-order valence-electron chi connectivity index (χ0n) is 26.6. The van der Waals surface area contributed by atoms with Crippen molar-refractivity contribution < 1.29 is 19.1 Å². The number of rotatable bonds is 5. The number of thioether (sulfide) groups is 3. The van der Waals surface area contributed by atoms with Crippen molar-refractivity contribution >= 4 is 87.2 Å². The molecule has 0 aliphatic rings. The molecule has 0 radical (unpaired) electrons. The van der Waals surface area contributed by atoms with E-state index in [1.165, 1.54) is 9.79 Å². The third-order valence-electron chi connectivity index (χ3n) is 4.81. The van der Waals surface area contributed by atoms with Gasteiger partial charge in [0.1, 0.15) is 11.2 Å². The molecule has 3 rings (SSSR count). The van der Waals surface area contributed by atoms with Crippen LogP contribution in [0.4, 0.5) is 21.0 Å². The van der Waals surface area contributed by atoms with Crippen molar-refractivity contribution in [2.75, 3.05) is 29.2 Å². The third-order valence-corrected chi connectivity index (χ3v) is 7.57. The van der Waals surface area contributed by atoms with Crippen LogP contribution < -0.4 is 21.7 Å². The van der Waals surface area contributed by atoms with Crippen LogP contribution in [-0.2, 0) is 9.47 Å². The summed E-state index contributed by atoms with van der Waals surface area (Å²) in [5.74, 6) is 5.18. The summed E-state index contributed by atoms with van der Waals surface area (Å²) in [7, 11) is 0. The van der Waals surface area contributed by atoms with E-state index in [1.807, 2.05) is 61.0 Å². The predicted octanol–water partition coefficient (Wildman–Crippen LogP) is 9.88. The van der Waals surface area contributed by atoms with Gasteiger partial charge in [-0.2, -0.15) is 5.01 Å². The number of hydrogen-bond donors (Lipinski definition) is 3. The first-order valence-electron chi connectivity index (χ1n) is 13.2. The Balaban J connectivity index is 0.000000753. The second-order valence-electron chi connectivity index (χ2n) is 10.7. The fourth-order valence-electron chi connectivity index (χ4n) is 2.90. The maximum absolute atomic E-state index is 12.4. The number of carbonyl (C=O) groups excluding carboxylic acids is 2. The Labute approximate surface area is 289 Å². The minimum atomic E-state index is -0.734. The lowest BCUT2D eigenvalue weighted by atomic mass is 10.2. The van der Waals surface area contributed by atoms with Crippen molar-refractivity contribution in [2.24, 2.45) is 5.84 Å². The highest BCUT2D eigenvalue weighted by Gasteiger charge is 2.27. The standard InChI is InChI=1S/C17H26N2O4S.C7H7BrS.C7H10N2S.ClH/c1-16(2,3)22-14(20)18-19(15(21)23-17(4,5)6)12-8-10-13(24-7)11-9-12;1-9-7-4-2-6(8)3-5-7;1-10-7-4-2-6(9-8)3-5-7;/h8-11H,1-7H3,(H,18,20);2-5H,1H3;2-5,9H,8H2,1H3;1H. The molecule has 44 heavy (non-hydrogen) atoms. The molecular weight excluding hydrogens is 704 g/mol. The molecule has 0 saturated carbocycles. The van der Waals surface area contributed by atoms with Gasteiger partial charge < -0.3 is 14.9 Å². The first kappa shape index (κ1) is 41.8. The molecule has 0 spiro atoms. The zero-order chi connectivity index (χ0) is 32.6. The van der Waals surface area contributed by atoms with Crippen molar-refractivity contribution in [3.05, 3.63) is 77.3 Å². The van der Waals surface area contributed by atoms with Gasteiger partial charge in [-0.1, -0.05) is 15.9 Å². The van der Waals surface area contributed by atoms with Crippen LogP contribution in [0.3, 0.4) is 0 Å². The maximum Gasteiger partial charge on any atom is 0.434 e. The molecule has 244 valence electrons. The van der Waals surface area contributed by atoms with Crippen LogP contribution in [0.2, 0.25) is 0 Å². The van der Waals surface area contributed by atoms with E-state index >= 15 is 0 Å². The van der Waals surface area contributed by atoms with Gasteiger partial charge >= 0.3 is 12.2 Å². The Morgan fingerprint density at radius 3 is 1.45 bits per heavy atom. The Morgan fingerprint density at radius 1 is 0.705 bits per heavy atom. The number of anilines is 2. The molecule has 0 fully saturated rings. The van der Waals surface area contributed by atoms with E-state index in [1.54, 1.807) is 89.0 Å². The molecule has 0 saturated heterocycles. The first-order valence-corrected chi connectivity index (χ1v) is 17.6. The molecule has 0 atom stereocenters. The summed E-state index contributed by atoms with van der Waals surface area (Å²) in [6, 6.07) is 23.4. The average molecular weight is 748 g/mol. The average Bonchev–Trinajstić information content (AvgIpc) is 2.95. The number of nitrogens with two attached hydrogens (primary N) is 1. The van der Waals surface area contributed by atoms with Crippen LogP contribution in [0.1, 0.15) is 41.5 Å². The quantitative estimate of drug-likeness (QED) is 0.134. The number of hydrogen-bond acceptors (Lipinski definition) is 9. The fourth-order valence-corrected chi connectivity index (χ4v) is 4.39. The lowest BCUT2D eigenvalue weighted by Crippen LogP contribution is -2.50. The lowest BCUT2D eigenvalue weighted by Gasteiger charge is -2.28. The molecule has 0 aromatic heterocycles. The van der Waals surface area contributed by atoms with Crippen LogP contribution in [0.5, 0.6) is 0 Å². The summed E-state index contributed by atoms with van der Waals surface area (Å²) >= 11 is 8.42. The van der Waals surface area contributed by atoms with Crippen molar-refractivity contribution in [3.8, 4) is 0 Å². The largest absolute Gasteiger partial charge is 0.443 e. The maximum atomic E-state index is 12.4. The van der Waals surface area contributed by atoms with Gasteiger partial charge in [-0.15, -0.1) is 47.7 Å². The van der Waals surface area contributed by atoms with Crippen LogP contribution >= 0.6 is 63.6 Å². The Morgan fingerprint density at radius 2 is 1.09 bits per heavy atom. The lowest BCUT2D eigenvalue weighted by molar-refractivity contribution is 0.0425. The van der Waals surface area contributed by atoms with Gasteiger partial charge in [-0.3, -0.25) is 5.84 Å². The van der Waals surface area contributed by atoms with E-state index in [4.69, 9.17) is 15.3 Å². The second kappa shape index (κ2) is 20.7. The van der Waals surface area contributed by atoms with Crippen LogP contribution in [0.15, 0.2) is 92.0 Å². The first-order chi connectivity index (χ1) is 20.1. The number of amides is 2. The van der Waals surface area contributed by atoms with E-state index in [9.17, 15) is 9.59 Å². The number of nitrogen functional groups attached to an aromatic ring is 1. The van der Waals surface area contributed by atoms with Gasteiger partial charge in [0.25, 0.3) is 0 Å². The molecule has 0 aliphatic carbocycles. The number of carbonyl (C=O) groups is 2. The monoisotopic (exact) mass is 746 g/mol. The SMILES string of the molecule is CSc1ccc(Br)cc1.CSc1ccc(N(NC(=O)OC(C)(C)C)C(=O)OC(C)(C)C)cc1.CSc1ccc(NN)cc1.Cl. The number of halogens is 2. The second-order valence-corrected chi connectivity index (χ2v) is 14.2. The minimum absolute atomic E-state index is 0. The summed E-state index contributed by atoms with van der Waals surface area (Å²) in [6.45, 7) is 10.5. The topological polar surface area (TPSA) is 106 Å². The highest BCUT2D eigenvalue weighted by molar-refractivity contribution is 9.10. The minimum Gasteiger partial charge on any atom is -0.443 e. The zero-order valence-corrected chi connectivity index (χ0v) is 31.4. The van der Waals surface area contributed by atoms with Gasteiger partial charge in [-0.25, -0.2) is 15.0 Å². The predicted molar refractivity (Wildman–Crippen MR) is 196 cm³/mol. The molecule has 0 aliphatic heterocycles. The van der Waals surface area contributed by atoms with E-state index in [0.29, 0.717) is 5.69 Å². The number of benzene rings is 3. The number of hydrazine groups is 2. The Bertz CT molecular complexity index is 1230. The van der Waals surface area contributed by atoms with Gasteiger partial charge in [0.05, 0.1) is 5.69 Å². The van der Waals surface area contributed by atoms with E-state index in [-0.39, 0.29) is 12.4 Å². The fraction of sp³-hybridized carbons (Fsp3) is 0.355. The number of nitrogens with one attached hydrogen (secondary N) is 2. The number of nitrogens with zero attached hydrogens (tertiary/aromatic N) is 1. The molecule has 0 bridgehead atoms. The van der Waals surface area contributed by atoms with Gasteiger partial charge in [-0.05, 0) is 133 Å². The summed E-state index contributed by atoms with van der Waals surface area (Å²) in [5, 5.41) is 1.05. The number of ether oxygens (including phenoxy) is 2. The molecule has 3 aromatic carbocycles.